The van der Waals surface area contributed by atoms with Gasteiger partial charge in [0.25, 0.3) is 0 Å². The Morgan fingerprint density at radius 1 is 1.29 bits per heavy atom. The highest BCUT2D eigenvalue weighted by atomic mass is 16.5. The van der Waals surface area contributed by atoms with E-state index in [1.165, 1.54) is 0 Å². The first-order valence-corrected chi connectivity index (χ1v) is 5.43. The average Bonchev–Trinajstić information content (AvgIpc) is 2.69. The molecule has 0 aliphatic rings. The summed E-state index contributed by atoms with van der Waals surface area (Å²) in [5.41, 5.74) is 2.37. The second kappa shape index (κ2) is 4.97. The molecule has 0 aliphatic carbocycles. The smallest absolute Gasteiger partial charge is 0.138 e. The predicted octanol–water partition coefficient (Wildman–Crippen LogP) is 1.68. The van der Waals surface area contributed by atoms with Crippen LogP contribution < -0.4 is 5.32 Å². The molecule has 0 radical (unpaired) electrons. The van der Waals surface area contributed by atoms with E-state index in [-0.39, 0.29) is 5.75 Å². The van der Waals surface area contributed by atoms with Crippen LogP contribution in [0.3, 0.4) is 0 Å². The molecule has 0 spiro atoms. The van der Waals surface area contributed by atoms with Crippen LogP contribution in [0, 0.1) is 13.8 Å². The lowest BCUT2D eigenvalue weighted by molar-refractivity contribution is 0.387. The first kappa shape index (κ1) is 11.6. The fourth-order valence-corrected chi connectivity index (χ4v) is 1.54. The van der Waals surface area contributed by atoms with E-state index < -0.39 is 0 Å². The molecule has 0 unspecified atom stereocenters. The Morgan fingerprint density at radius 2 is 2.12 bits per heavy atom. The van der Waals surface area contributed by atoms with E-state index in [0.717, 1.165) is 17.1 Å². The van der Waals surface area contributed by atoms with Gasteiger partial charge in [0.05, 0.1) is 11.4 Å². The van der Waals surface area contributed by atoms with Crippen molar-refractivity contribution in [1.82, 2.24) is 15.5 Å². The molecule has 0 atom stereocenters. The van der Waals surface area contributed by atoms with Gasteiger partial charge in [-0.3, -0.25) is 4.98 Å². The fourth-order valence-electron chi connectivity index (χ4n) is 1.54. The Bertz CT molecular complexity index is 508. The highest BCUT2D eigenvalue weighted by Crippen LogP contribution is 2.14. The van der Waals surface area contributed by atoms with E-state index in [1.54, 1.807) is 12.1 Å². The van der Waals surface area contributed by atoms with Crippen molar-refractivity contribution in [2.24, 2.45) is 0 Å². The summed E-state index contributed by atoms with van der Waals surface area (Å²) in [6, 6.07) is 5.30. The van der Waals surface area contributed by atoms with Crippen molar-refractivity contribution >= 4 is 0 Å². The Balaban J connectivity index is 1.91. The van der Waals surface area contributed by atoms with Gasteiger partial charge in [-0.2, -0.15) is 0 Å². The van der Waals surface area contributed by atoms with E-state index in [9.17, 15) is 5.11 Å². The zero-order chi connectivity index (χ0) is 12.3. The number of nitrogens with zero attached hydrogens (tertiary/aromatic N) is 2. The number of hydrogen-bond acceptors (Lipinski definition) is 5. The molecule has 2 N–H and O–H groups in total. The van der Waals surface area contributed by atoms with Gasteiger partial charge in [0.15, 0.2) is 0 Å². The van der Waals surface area contributed by atoms with E-state index >= 15 is 0 Å². The van der Waals surface area contributed by atoms with E-state index in [0.29, 0.717) is 18.8 Å². The topological polar surface area (TPSA) is 71.2 Å². The number of aromatic nitrogens is 2. The number of hydrogen-bond donors (Lipinski definition) is 2. The van der Waals surface area contributed by atoms with Crippen molar-refractivity contribution in [2.75, 3.05) is 0 Å². The van der Waals surface area contributed by atoms with Gasteiger partial charge in [0.2, 0.25) is 0 Å². The first-order valence-electron chi connectivity index (χ1n) is 5.43. The molecule has 5 heteroatoms. The SMILES string of the molecule is Cc1ccc(O)c(CNCc2cc(C)on2)n1. The third-order valence-electron chi connectivity index (χ3n) is 2.36. The minimum Gasteiger partial charge on any atom is -0.506 e. The summed E-state index contributed by atoms with van der Waals surface area (Å²) >= 11 is 0. The van der Waals surface area contributed by atoms with Crippen molar-refractivity contribution in [3.05, 3.63) is 41.0 Å². The molecule has 0 aromatic carbocycles. The van der Waals surface area contributed by atoms with Crippen LogP contribution in [0.4, 0.5) is 0 Å². The molecule has 2 aromatic rings. The third kappa shape index (κ3) is 3.04. The maximum atomic E-state index is 9.60. The summed E-state index contributed by atoms with van der Waals surface area (Å²) in [7, 11) is 0. The van der Waals surface area contributed by atoms with Gasteiger partial charge >= 0.3 is 0 Å². The summed E-state index contributed by atoms with van der Waals surface area (Å²) in [5.74, 6) is 0.998. The summed E-state index contributed by atoms with van der Waals surface area (Å²) in [6.45, 7) is 4.83. The predicted molar refractivity (Wildman–Crippen MR) is 62.4 cm³/mol. The second-order valence-corrected chi connectivity index (χ2v) is 3.95. The third-order valence-corrected chi connectivity index (χ3v) is 2.36. The molecule has 5 nitrogen and oxygen atoms in total. The number of aromatic hydroxyl groups is 1. The maximum Gasteiger partial charge on any atom is 0.138 e. The van der Waals surface area contributed by atoms with Crippen LogP contribution in [0.2, 0.25) is 0 Å². The molecular formula is C12H15N3O2. The monoisotopic (exact) mass is 233 g/mol. The van der Waals surface area contributed by atoms with Crippen molar-refractivity contribution in [2.45, 2.75) is 26.9 Å². The van der Waals surface area contributed by atoms with E-state index in [4.69, 9.17) is 4.52 Å². The summed E-state index contributed by atoms with van der Waals surface area (Å²) in [4.78, 5) is 4.25. The normalized spacial score (nSPS) is 10.7. The molecule has 0 aliphatic heterocycles. The highest BCUT2D eigenvalue weighted by molar-refractivity contribution is 5.27. The van der Waals surface area contributed by atoms with Crippen molar-refractivity contribution in [1.29, 1.82) is 0 Å². The van der Waals surface area contributed by atoms with Gasteiger partial charge in [-0.25, -0.2) is 0 Å². The number of rotatable bonds is 4. The van der Waals surface area contributed by atoms with Gasteiger partial charge in [-0.15, -0.1) is 0 Å². The maximum absolute atomic E-state index is 9.60. The molecule has 0 saturated carbocycles. The van der Waals surface area contributed by atoms with Crippen molar-refractivity contribution < 1.29 is 9.63 Å². The largest absolute Gasteiger partial charge is 0.506 e. The number of pyridine rings is 1. The highest BCUT2D eigenvalue weighted by Gasteiger charge is 2.04. The van der Waals surface area contributed by atoms with E-state index in [1.807, 2.05) is 19.9 Å². The summed E-state index contributed by atoms with van der Waals surface area (Å²) < 4.78 is 4.96. The van der Waals surface area contributed by atoms with E-state index in [2.05, 4.69) is 15.5 Å². The van der Waals surface area contributed by atoms with Gasteiger partial charge in [-0.05, 0) is 26.0 Å². The van der Waals surface area contributed by atoms with Crippen molar-refractivity contribution in [3.8, 4) is 5.75 Å². The van der Waals surface area contributed by atoms with Crippen LogP contribution in [-0.4, -0.2) is 15.2 Å². The lowest BCUT2D eigenvalue weighted by Crippen LogP contribution is -2.14. The minimum absolute atomic E-state index is 0.208. The Hall–Kier alpha value is -1.88. The molecule has 2 heterocycles. The Labute approximate surface area is 99.5 Å². The molecule has 0 amide bonds. The lowest BCUT2D eigenvalue weighted by atomic mass is 10.3. The van der Waals surface area contributed by atoms with Crippen LogP contribution in [0.25, 0.3) is 0 Å². The molecule has 0 fully saturated rings. The molecule has 2 aromatic heterocycles. The number of aryl methyl sites for hydroxylation is 2. The molecule has 2 rings (SSSR count). The van der Waals surface area contributed by atoms with Crippen LogP contribution >= 0.6 is 0 Å². The molecule has 0 bridgehead atoms. The average molecular weight is 233 g/mol. The Kier molecular flexibility index (Phi) is 3.39. The van der Waals surface area contributed by atoms with Gasteiger partial charge < -0.3 is 14.9 Å². The lowest BCUT2D eigenvalue weighted by Gasteiger charge is -2.05. The van der Waals surface area contributed by atoms with Gasteiger partial charge in [-0.1, -0.05) is 5.16 Å². The Morgan fingerprint density at radius 3 is 2.82 bits per heavy atom. The molecule has 0 saturated heterocycles. The minimum atomic E-state index is 0.208. The summed E-state index contributed by atoms with van der Waals surface area (Å²) in [6.07, 6.45) is 0. The number of nitrogens with one attached hydrogen (secondary N) is 1. The van der Waals surface area contributed by atoms with Crippen LogP contribution in [0.1, 0.15) is 22.8 Å². The van der Waals surface area contributed by atoms with Gasteiger partial charge in [0, 0.05) is 24.8 Å². The zero-order valence-corrected chi connectivity index (χ0v) is 9.90. The first-order chi connectivity index (χ1) is 8.15. The molecule has 17 heavy (non-hydrogen) atoms. The molecular weight excluding hydrogens is 218 g/mol. The van der Waals surface area contributed by atoms with Crippen molar-refractivity contribution in [3.63, 3.8) is 0 Å². The molecule has 90 valence electrons. The quantitative estimate of drug-likeness (QED) is 0.840. The van der Waals surface area contributed by atoms with Gasteiger partial charge in [0.1, 0.15) is 11.5 Å². The fraction of sp³-hybridized carbons (Fsp3) is 0.333. The van der Waals surface area contributed by atoms with Crippen LogP contribution in [0.15, 0.2) is 22.7 Å². The summed E-state index contributed by atoms with van der Waals surface area (Å²) in [5, 5.41) is 16.6. The zero-order valence-electron chi connectivity index (χ0n) is 9.90. The van der Waals surface area contributed by atoms with Crippen LogP contribution in [-0.2, 0) is 13.1 Å². The van der Waals surface area contributed by atoms with Crippen LogP contribution in [0.5, 0.6) is 5.75 Å². The second-order valence-electron chi connectivity index (χ2n) is 3.95. The standard InChI is InChI=1S/C12H15N3O2/c1-8-3-4-12(16)11(14-8)7-13-6-10-5-9(2)17-15-10/h3-5,13,16H,6-7H2,1-2H3.